The maximum atomic E-state index is 3.36. The molecule has 0 aliphatic carbocycles. The van der Waals surface area contributed by atoms with Crippen molar-refractivity contribution in [2.45, 2.75) is 52.6 Å². The number of hydrogen-bond donors (Lipinski definition) is 0. The molecule has 12 heavy (non-hydrogen) atoms. The molecule has 1 nitrogen and oxygen atoms in total. The minimum Gasteiger partial charge on any atom is -0.246 e. The topological polar surface area (TPSA) is 3.24 Å². The molecule has 0 spiro atoms. The van der Waals surface area contributed by atoms with Crippen molar-refractivity contribution in [1.29, 1.82) is 0 Å². The zero-order valence-corrected chi connectivity index (χ0v) is 11.3. The van der Waals surface area contributed by atoms with Crippen LogP contribution in [0.2, 0.25) is 0 Å². The number of halogens is 1. The van der Waals surface area contributed by atoms with E-state index in [1.807, 2.05) is 4.71 Å². The molecule has 0 atom stereocenters. The highest BCUT2D eigenvalue weighted by Gasteiger charge is 2.29. The summed E-state index contributed by atoms with van der Waals surface area (Å²) in [6, 6.07) is 0. The van der Waals surface area contributed by atoms with Gasteiger partial charge >= 0.3 is 0 Å². The summed E-state index contributed by atoms with van der Waals surface area (Å²) >= 11 is 3.36. The smallest absolute Gasteiger partial charge is 0.0212 e. The maximum absolute atomic E-state index is 3.36. The molecule has 0 aromatic heterocycles. The molecule has 0 heterocycles. The van der Waals surface area contributed by atoms with E-state index in [0.29, 0.717) is 0 Å². The van der Waals surface area contributed by atoms with Crippen molar-refractivity contribution in [3.05, 3.63) is 0 Å². The second-order valence-electron chi connectivity index (χ2n) is 4.87. The number of nitrogens with zero attached hydrogens (tertiary/aromatic N) is 1. The van der Waals surface area contributed by atoms with Gasteiger partial charge in [-0.25, -0.2) is 4.67 Å². The van der Waals surface area contributed by atoms with Crippen LogP contribution >= 0.6 is 24.3 Å². The van der Waals surface area contributed by atoms with Crippen LogP contribution in [0, 0.1) is 0 Å². The fourth-order valence-corrected chi connectivity index (χ4v) is 2.73. The molecule has 0 amide bonds. The monoisotopic (exact) mass is 251 g/mol. The summed E-state index contributed by atoms with van der Waals surface area (Å²) in [6.07, 6.45) is 0. The zero-order valence-electron chi connectivity index (χ0n) is 8.85. The first-order valence-corrected chi connectivity index (χ1v) is 5.96. The van der Waals surface area contributed by atoms with Gasteiger partial charge in [0.15, 0.2) is 0 Å². The Hall–Kier alpha value is 0.610. The van der Waals surface area contributed by atoms with E-state index in [2.05, 4.69) is 62.1 Å². The van der Waals surface area contributed by atoms with Gasteiger partial charge in [-0.15, -0.1) is 0 Å². The molecule has 3 heteroatoms. The van der Waals surface area contributed by atoms with Crippen LogP contribution in [0.5, 0.6) is 0 Å². The molecule has 0 saturated carbocycles. The van der Waals surface area contributed by atoms with Crippen LogP contribution in [0.4, 0.5) is 0 Å². The molecule has 0 unspecified atom stereocenters. The first-order chi connectivity index (χ1) is 5.19. The lowest BCUT2D eigenvalue weighted by Gasteiger charge is -2.41. The zero-order chi connectivity index (χ0) is 9.99. The Labute approximate surface area is 86.5 Å². The highest BCUT2D eigenvalue weighted by molar-refractivity contribution is 9.18. The van der Waals surface area contributed by atoms with E-state index in [0.717, 1.165) is 0 Å². The van der Waals surface area contributed by atoms with Crippen molar-refractivity contribution in [1.82, 2.24) is 4.67 Å². The lowest BCUT2D eigenvalue weighted by molar-refractivity contribution is 0.155. The van der Waals surface area contributed by atoms with Crippen LogP contribution in [0.15, 0.2) is 0 Å². The van der Waals surface area contributed by atoms with Gasteiger partial charge in [0.2, 0.25) is 0 Å². The van der Waals surface area contributed by atoms with E-state index in [1.165, 1.54) is 8.35 Å². The van der Waals surface area contributed by atoms with E-state index in [1.54, 1.807) is 0 Å². The lowest BCUT2D eigenvalue weighted by Crippen LogP contribution is -2.46. The Morgan fingerprint density at radius 1 is 1.00 bits per heavy atom. The largest absolute Gasteiger partial charge is 0.246 e. The van der Waals surface area contributed by atoms with Gasteiger partial charge in [-0.3, -0.25) is 0 Å². The maximum Gasteiger partial charge on any atom is 0.0212 e. The third-order valence-electron chi connectivity index (χ3n) is 1.43. The first-order valence-electron chi connectivity index (χ1n) is 4.12. The van der Waals surface area contributed by atoms with Crippen LogP contribution in [0.3, 0.4) is 0 Å². The van der Waals surface area contributed by atoms with E-state index in [4.69, 9.17) is 0 Å². The molecule has 0 saturated heterocycles. The summed E-state index contributed by atoms with van der Waals surface area (Å²) in [7, 11) is 1.22. The molecule has 0 aromatic rings. The SMILES string of the molecule is CC(C)(C)N(P=CBr)C(C)(C)C. The van der Waals surface area contributed by atoms with Crippen molar-refractivity contribution in [3.8, 4) is 0 Å². The third-order valence-corrected chi connectivity index (χ3v) is 3.50. The third kappa shape index (κ3) is 4.02. The van der Waals surface area contributed by atoms with Gasteiger partial charge in [0, 0.05) is 15.8 Å². The summed E-state index contributed by atoms with van der Waals surface area (Å²) in [6.45, 7) is 13.4. The van der Waals surface area contributed by atoms with Crippen LogP contribution < -0.4 is 0 Å². The first kappa shape index (κ1) is 12.6. The van der Waals surface area contributed by atoms with Crippen molar-refractivity contribution in [2.75, 3.05) is 0 Å². The highest BCUT2D eigenvalue weighted by Crippen LogP contribution is 2.31. The molecule has 0 radical (unpaired) electrons. The normalized spacial score (nSPS) is 14.7. The summed E-state index contributed by atoms with van der Waals surface area (Å²) in [4.78, 5) is 0. The predicted octanol–water partition coefficient (Wildman–Crippen LogP) is 3.90. The fraction of sp³-hybridized carbons (Fsp3) is 0.889. The lowest BCUT2D eigenvalue weighted by atomic mass is 10.0. The summed E-state index contributed by atoms with van der Waals surface area (Å²) < 4.78 is 4.43. The van der Waals surface area contributed by atoms with E-state index in [-0.39, 0.29) is 11.1 Å². The van der Waals surface area contributed by atoms with Crippen molar-refractivity contribution < 1.29 is 0 Å². The molecule has 0 bridgehead atoms. The minimum atomic E-state index is 0.212. The van der Waals surface area contributed by atoms with Crippen molar-refractivity contribution >= 4 is 29.0 Å². The predicted molar refractivity (Wildman–Crippen MR) is 63.3 cm³/mol. The van der Waals surface area contributed by atoms with Crippen LogP contribution in [0.1, 0.15) is 41.5 Å². The number of hydrogen-bond acceptors (Lipinski definition) is 1. The summed E-state index contributed by atoms with van der Waals surface area (Å²) in [5.41, 5.74) is 0.425. The van der Waals surface area contributed by atoms with Crippen LogP contribution in [-0.2, 0) is 0 Å². The van der Waals surface area contributed by atoms with Crippen molar-refractivity contribution in [3.63, 3.8) is 0 Å². The van der Waals surface area contributed by atoms with Crippen molar-refractivity contribution in [2.24, 2.45) is 0 Å². The standard InChI is InChI=1S/C9H19BrNP/c1-8(2,3)11(12-7-10)9(4,5)6/h7H,1-6H3. The molecule has 0 N–H and O–H groups in total. The highest BCUT2D eigenvalue weighted by atomic mass is 79.9. The Balaban J connectivity index is 4.69. The Kier molecular flexibility index (Phi) is 4.43. The average molecular weight is 252 g/mol. The molecule has 0 aliphatic rings. The van der Waals surface area contributed by atoms with Crippen LogP contribution in [0.25, 0.3) is 0 Å². The summed E-state index contributed by atoms with van der Waals surface area (Å²) in [5.74, 6) is 0. The van der Waals surface area contributed by atoms with Gasteiger partial charge in [0.1, 0.15) is 0 Å². The minimum absolute atomic E-state index is 0.212. The molecule has 0 aliphatic heterocycles. The van der Waals surface area contributed by atoms with E-state index < -0.39 is 0 Å². The van der Waals surface area contributed by atoms with E-state index in [9.17, 15) is 0 Å². The van der Waals surface area contributed by atoms with Crippen LogP contribution in [-0.4, -0.2) is 20.5 Å². The quantitative estimate of drug-likeness (QED) is 0.639. The second kappa shape index (κ2) is 4.21. The average Bonchev–Trinajstić information content (AvgIpc) is 1.77. The Bertz CT molecular complexity index is 150. The fourth-order valence-electron chi connectivity index (χ4n) is 1.40. The van der Waals surface area contributed by atoms with Gasteiger partial charge in [-0.05, 0) is 49.9 Å². The van der Waals surface area contributed by atoms with Gasteiger partial charge in [-0.2, -0.15) is 0 Å². The Morgan fingerprint density at radius 3 is 1.42 bits per heavy atom. The molecule has 0 aromatic carbocycles. The second-order valence-corrected chi connectivity index (χ2v) is 6.92. The molecular weight excluding hydrogens is 233 g/mol. The number of rotatable bonds is 1. The molecular formula is C9H19BrNP. The van der Waals surface area contributed by atoms with Gasteiger partial charge in [-0.1, -0.05) is 15.9 Å². The molecule has 0 rings (SSSR count). The van der Waals surface area contributed by atoms with E-state index >= 15 is 0 Å². The van der Waals surface area contributed by atoms with Gasteiger partial charge < -0.3 is 0 Å². The summed E-state index contributed by atoms with van der Waals surface area (Å²) in [5, 5.41) is 0. The Morgan fingerprint density at radius 2 is 1.33 bits per heavy atom. The molecule has 72 valence electrons. The van der Waals surface area contributed by atoms with Gasteiger partial charge in [0.05, 0.1) is 0 Å². The molecule has 0 fully saturated rings. The van der Waals surface area contributed by atoms with Gasteiger partial charge in [0.25, 0.3) is 0 Å².